The van der Waals surface area contributed by atoms with Crippen LogP contribution in [0.4, 0.5) is 4.79 Å². The van der Waals surface area contributed by atoms with E-state index in [-0.39, 0.29) is 18.1 Å². The van der Waals surface area contributed by atoms with Crippen molar-refractivity contribution in [2.24, 2.45) is 11.3 Å². The van der Waals surface area contributed by atoms with Gasteiger partial charge in [-0.25, -0.2) is 4.79 Å². The molecule has 0 saturated heterocycles. The van der Waals surface area contributed by atoms with Gasteiger partial charge in [-0.05, 0) is 31.6 Å². The first-order chi connectivity index (χ1) is 7.69. The van der Waals surface area contributed by atoms with Crippen molar-refractivity contribution in [3.8, 4) is 0 Å². The number of aliphatic hydroxyl groups is 1. The predicted molar refractivity (Wildman–Crippen MR) is 62.1 cm³/mol. The van der Waals surface area contributed by atoms with Gasteiger partial charge in [0.2, 0.25) is 0 Å². The van der Waals surface area contributed by atoms with E-state index in [2.05, 4.69) is 17.6 Å². The molecule has 0 aromatic carbocycles. The zero-order valence-electron chi connectivity index (χ0n) is 9.96. The molecule has 0 heterocycles. The average molecular weight is 226 g/mol. The third-order valence-corrected chi connectivity index (χ3v) is 3.82. The van der Waals surface area contributed by atoms with Gasteiger partial charge in [0.1, 0.15) is 0 Å². The highest BCUT2D eigenvalue weighted by molar-refractivity contribution is 5.74. The molecule has 2 aliphatic rings. The second-order valence-corrected chi connectivity index (χ2v) is 5.38. The molecule has 0 radical (unpaired) electrons. The molecule has 2 unspecified atom stereocenters. The second-order valence-electron chi connectivity index (χ2n) is 5.38. The average Bonchev–Trinajstić information content (AvgIpc) is 3.15. The molecule has 3 N–H and O–H groups in total. The third-order valence-electron chi connectivity index (χ3n) is 3.82. The maximum absolute atomic E-state index is 11.5. The Morgan fingerprint density at radius 2 is 2.25 bits per heavy atom. The minimum Gasteiger partial charge on any atom is -0.396 e. The Morgan fingerprint density at radius 1 is 1.50 bits per heavy atom. The number of aliphatic hydroxyl groups excluding tert-OH is 1. The quantitative estimate of drug-likeness (QED) is 0.638. The Bertz CT molecular complexity index is 264. The van der Waals surface area contributed by atoms with Crippen LogP contribution >= 0.6 is 0 Å². The Morgan fingerprint density at radius 3 is 2.81 bits per heavy atom. The van der Waals surface area contributed by atoms with Crippen LogP contribution in [0.1, 0.15) is 39.0 Å². The van der Waals surface area contributed by atoms with Crippen LogP contribution in [0.2, 0.25) is 0 Å². The van der Waals surface area contributed by atoms with Gasteiger partial charge in [0.25, 0.3) is 0 Å². The van der Waals surface area contributed by atoms with Crippen LogP contribution in [0, 0.1) is 11.3 Å². The number of rotatable bonds is 6. The summed E-state index contributed by atoms with van der Waals surface area (Å²) >= 11 is 0. The molecule has 0 bridgehead atoms. The lowest BCUT2D eigenvalue weighted by atomic mass is 10.1. The summed E-state index contributed by atoms with van der Waals surface area (Å²) < 4.78 is 0. The molecule has 2 saturated carbocycles. The molecule has 4 heteroatoms. The fraction of sp³-hybridized carbons (Fsp3) is 0.917. The van der Waals surface area contributed by atoms with E-state index in [0.717, 1.165) is 19.3 Å². The lowest BCUT2D eigenvalue weighted by Gasteiger charge is -2.13. The number of nitrogens with one attached hydrogen (secondary N) is 2. The highest BCUT2D eigenvalue weighted by Crippen LogP contribution is 2.44. The molecule has 2 atom stereocenters. The molecule has 2 fully saturated rings. The molecular weight excluding hydrogens is 204 g/mol. The van der Waals surface area contributed by atoms with Crippen LogP contribution in [-0.2, 0) is 0 Å². The van der Waals surface area contributed by atoms with Gasteiger partial charge in [0, 0.05) is 18.0 Å². The predicted octanol–water partition coefficient (Wildman–Crippen LogP) is 1.25. The molecule has 16 heavy (non-hydrogen) atoms. The normalized spacial score (nSPS) is 29.6. The van der Waals surface area contributed by atoms with Crippen molar-refractivity contribution in [3.63, 3.8) is 0 Å². The van der Waals surface area contributed by atoms with Crippen molar-refractivity contribution < 1.29 is 9.90 Å². The summed E-state index contributed by atoms with van der Waals surface area (Å²) in [5, 5.41) is 14.9. The van der Waals surface area contributed by atoms with Gasteiger partial charge in [-0.3, -0.25) is 0 Å². The summed E-state index contributed by atoms with van der Waals surface area (Å²) in [6, 6.07) is 0.326. The topological polar surface area (TPSA) is 61.4 Å². The Kier molecular flexibility index (Phi) is 3.38. The van der Waals surface area contributed by atoms with E-state index in [9.17, 15) is 4.79 Å². The first-order valence-corrected chi connectivity index (χ1v) is 6.34. The van der Waals surface area contributed by atoms with Crippen LogP contribution in [0.3, 0.4) is 0 Å². The number of urea groups is 1. The van der Waals surface area contributed by atoms with Gasteiger partial charge in [-0.15, -0.1) is 0 Å². The van der Waals surface area contributed by atoms with Gasteiger partial charge in [0.05, 0.1) is 6.61 Å². The number of carbonyl (C=O) groups excluding carboxylic acids is 1. The van der Waals surface area contributed by atoms with Crippen molar-refractivity contribution in [1.29, 1.82) is 0 Å². The van der Waals surface area contributed by atoms with Crippen molar-refractivity contribution in [1.82, 2.24) is 10.6 Å². The summed E-state index contributed by atoms with van der Waals surface area (Å²) in [6.07, 6.45) is 5.60. The summed E-state index contributed by atoms with van der Waals surface area (Å²) in [7, 11) is 0. The molecule has 0 aliphatic heterocycles. The van der Waals surface area contributed by atoms with E-state index < -0.39 is 0 Å². The molecule has 0 spiro atoms. The summed E-state index contributed by atoms with van der Waals surface area (Å²) in [5.74, 6) is 0.698. The van der Waals surface area contributed by atoms with Gasteiger partial charge in [0.15, 0.2) is 0 Å². The monoisotopic (exact) mass is 226 g/mol. The standard InChI is InChI=1S/C12H22N2O2/c1-2-3-9-6-10(9)14-11(16)13-7-12(8-15)4-5-12/h9-10,15H,2-8H2,1H3,(H2,13,14,16). The molecule has 2 aliphatic carbocycles. The number of carbonyl (C=O) groups is 1. The maximum Gasteiger partial charge on any atom is 0.315 e. The molecule has 0 aromatic heterocycles. The van der Waals surface area contributed by atoms with Crippen molar-refractivity contribution in [2.75, 3.05) is 13.2 Å². The first kappa shape index (κ1) is 11.7. The zero-order valence-corrected chi connectivity index (χ0v) is 9.96. The molecule has 2 rings (SSSR count). The Balaban J connectivity index is 1.59. The van der Waals surface area contributed by atoms with Crippen molar-refractivity contribution in [2.45, 2.75) is 45.1 Å². The SMILES string of the molecule is CCCC1CC1NC(=O)NCC1(CO)CC1. The number of hydrogen-bond donors (Lipinski definition) is 3. The largest absolute Gasteiger partial charge is 0.396 e. The van der Waals surface area contributed by atoms with Crippen LogP contribution in [0.15, 0.2) is 0 Å². The Hall–Kier alpha value is -0.770. The van der Waals surface area contributed by atoms with Gasteiger partial charge >= 0.3 is 6.03 Å². The lowest BCUT2D eigenvalue weighted by molar-refractivity contribution is 0.203. The van der Waals surface area contributed by atoms with Gasteiger partial charge < -0.3 is 15.7 Å². The minimum atomic E-state index is -0.0664. The smallest absolute Gasteiger partial charge is 0.315 e. The van der Waals surface area contributed by atoms with Crippen molar-refractivity contribution >= 4 is 6.03 Å². The van der Waals surface area contributed by atoms with E-state index >= 15 is 0 Å². The highest BCUT2D eigenvalue weighted by atomic mass is 16.3. The van der Waals surface area contributed by atoms with Crippen molar-refractivity contribution in [3.05, 3.63) is 0 Å². The van der Waals surface area contributed by atoms with E-state index in [0.29, 0.717) is 18.5 Å². The van der Waals surface area contributed by atoms with E-state index in [1.807, 2.05) is 0 Å². The molecule has 2 amide bonds. The summed E-state index contributed by atoms with van der Waals surface area (Å²) in [6.45, 7) is 2.98. The fourth-order valence-electron chi connectivity index (χ4n) is 2.17. The third kappa shape index (κ3) is 2.88. The minimum absolute atomic E-state index is 0.00368. The molecule has 0 aromatic rings. The molecule has 4 nitrogen and oxygen atoms in total. The number of amides is 2. The summed E-state index contributed by atoms with van der Waals surface area (Å²) in [5.41, 5.74) is 0.00368. The first-order valence-electron chi connectivity index (χ1n) is 6.34. The Labute approximate surface area is 96.8 Å². The summed E-state index contributed by atoms with van der Waals surface area (Å²) in [4.78, 5) is 11.5. The number of hydrogen-bond acceptors (Lipinski definition) is 2. The lowest BCUT2D eigenvalue weighted by Crippen LogP contribution is -2.41. The van der Waals surface area contributed by atoms with E-state index in [1.165, 1.54) is 12.8 Å². The van der Waals surface area contributed by atoms with Crippen LogP contribution in [-0.4, -0.2) is 30.3 Å². The van der Waals surface area contributed by atoms with Crippen LogP contribution < -0.4 is 10.6 Å². The van der Waals surface area contributed by atoms with E-state index in [1.54, 1.807) is 0 Å². The van der Waals surface area contributed by atoms with Crippen LogP contribution in [0.25, 0.3) is 0 Å². The maximum atomic E-state index is 11.5. The van der Waals surface area contributed by atoms with Crippen LogP contribution in [0.5, 0.6) is 0 Å². The highest BCUT2D eigenvalue weighted by Gasteiger charge is 2.42. The fourth-order valence-corrected chi connectivity index (χ4v) is 2.17. The van der Waals surface area contributed by atoms with Gasteiger partial charge in [-0.2, -0.15) is 0 Å². The molecule has 92 valence electrons. The zero-order chi connectivity index (χ0) is 11.6. The van der Waals surface area contributed by atoms with E-state index in [4.69, 9.17) is 5.11 Å². The second kappa shape index (κ2) is 4.62. The molecular formula is C12H22N2O2. The van der Waals surface area contributed by atoms with Gasteiger partial charge in [-0.1, -0.05) is 13.3 Å².